The molecule has 1 aliphatic carbocycles. The van der Waals surface area contributed by atoms with Crippen molar-refractivity contribution in [3.63, 3.8) is 0 Å². The maximum absolute atomic E-state index is 6.88. The monoisotopic (exact) mass is 362 g/mol. The molecule has 0 bridgehead atoms. The molecule has 3 aromatic rings. The van der Waals surface area contributed by atoms with Crippen LogP contribution in [0.3, 0.4) is 0 Å². The number of nitrogens with one attached hydrogen (secondary N) is 1. The minimum atomic E-state index is 0.0649. The van der Waals surface area contributed by atoms with Gasteiger partial charge < -0.3 is 5.32 Å². The molecular weight excluding hydrogens is 344 g/mol. The summed E-state index contributed by atoms with van der Waals surface area (Å²) in [6.07, 6.45) is 12.3. The third-order valence-electron chi connectivity index (χ3n) is 5.46. The summed E-state index contributed by atoms with van der Waals surface area (Å²) < 4.78 is 1.94. The lowest BCUT2D eigenvalue weighted by Gasteiger charge is -2.24. The van der Waals surface area contributed by atoms with E-state index in [1.54, 1.807) is 0 Å². The normalized spacial score (nSPS) is 16.8. The summed E-state index contributed by atoms with van der Waals surface area (Å²) in [5.74, 6) is 0.930. The van der Waals surface area contributed by atoms with Crippen LogP contribution in [0.25, 0.3) is 11.1 Å². The molecule has 5 heteroatoms. The summed E-state index contributed by atoms with van der Waals surface area (Å²) in [7, 11) is 0. The minimum Gasteiger partial charge on any atom is -0.369 e. The van der Waals surface area contributed by atoms with E-state index in [4.69, 9.17) is 11.6 Å². The van der Waals surface area contributed by atoms with Gasteiger partial charge in [0.2, 0.25) is 0 Å². The van der Waals surface area contributed by atoms with Gasteiger partial charge in [-0.2, -0.15) is 5.10 Å². The van der Waals surface area contributed by atoms with Crippen LogP contribution in [0.15, 0.2) is 61.1 Å². The van der Waals surface area contributed by atoms with Gasteiger partial charge in [0.1, 0.15) is 5.82 Å². The smallest absolute Gasteiger partial charge is 0.131 e. The SMILES string of the molecule is Clc1c(-c2cnn(Cc3ccccc3)c2)cnc2c1C1(CC=CC1)CN2. The van der Waals surface area contributed by atoms with Crippen molar-refractivity contribution in [3.05, 3.63) is 77.2 Å². The fourth-order valence-corrected chi connectivity index (χ4v) is 4.51. The molecule has 0 saturated heterocycles. The number of allylic oxidation sites excluding steroid dienone is 2. The number of benzene rings is 1. The van der Waals surface area contributed by atoms with Gasteiger partial charge in [0.05, 0.1) is 17.8 Å². The lowest BCUT2D eigenvalue weighted by molar-refractivity contribution is 0.509. The third-order valence-corrected chi connectivity index (χ3v) is 5.85. The molecule has 1 aromatic carbocycles. The van der Waals surface area contributed by atoms with Gasteiger partial charge in [-0.05, 0) is 18.4 Å². The Morgan fingerprint density at radius 1 is 1.12 bits per heavy atom. The van der Waals surface area contributed by atoms with E-state index in [-0.39, 0.29) is 5.41 Å². The van der Waals surface area contributed by atoms with Crippen molar-refractivity contribution in [2.24, 2.45) is 0 Å². The molecule has 26 heavy (non-hydrogen) atoms. The molecule has 2 aliphatic rings. The van der Waals surface area contributed by atoms with Crippen LogP contribution < -0.4 is 5.32 Å². The van der Waals surface area contributed by atoms with Crippen molar-refractivity contribution in [1.29, 1.82) is 0 Å². The van der Waals surface area contributed by atoms with Crippen molar-refractivity contribution in [2.75, 3.05) is 11.9 Å². The van der Waals surface area contributed by atoms with Crippen LogP contribution in [0, 0.1) is 0 Å². The van der Waals surface area contributed by atoms with Gasteiger partial charge in [0.15, 0.2) is 0 Å². The van der Waals surface area contributed by atoms with Crippen LogP contribution in [0.2, 0.25) is 5.02 Å². The van der Waals surface area contributed by atoms with Gasteiger partial charge >= 0.3 is 0 Å². The van der Waals surface area contributed by atoms with Crippen LogP contribution in [0.4, 0.5) is 5.82 Å². The Morgan fingerprint density at radius 3 is 2.73 bits per heavy atom. The van der Waals surface area contributed by atoms with Crippen molar-refractivity contribution in [3.8, 4) is 11.1 Å². The maximum Gasteiger partial charge on any atom is 0.131 e. The summed E-state index contributed by atoms with van der Waals surface area (Å²) in [5.41, 5.74) is 4.42. The van der Waals surface area contributed by atoms with Crippen LogP contribution >= 0.6 is 11.6 Å². The quantitative estimate of drug-likeness (QED) is 0.689. The molecule has 4 nitrogen and oxygen atoms in total. The lowest BCUT2D eigenvalue weighted by Crippen LogP contribution is -2.25. The zero-order valence-electron chi connectivity index (χ0n) is 14.3. The van der Waals surface area contributed by atoms with E-state index in [0.29, 0.717) is 0 Å². The van der Waals surface area contributed by atoms with Gasteiger partial charge in [0.25, 0.3) is 0 Å². The standard InChI is InChI=1S/C21H19ClN4/c22-19-17(11-23-20-18(19)21(14-24-20)8-4-5-9-21)16-10-25-26(13-16)12-15-6-2-1-3-7-15/h1-7,10-11,13H,8-9,12,14H2,(H,23,24). The Bertz CT molecular complexity index is 983. The number of rotatable bonds is 3. The summed E-state index contributed by atoms with van der Waals surface area (Å²) in [6.45, 7) is 1.64. The first-order valence-electron chi connectivity index (χ1n) is 8.90. The molecule has 0 amide bonds. The van der Waals surface area contributed by atoms with Crippen molar-refractivity contribution >= 4 is 17.4 Å². The zero-order chi connectivity index (χ0) is 17.6. The number of aromatic nitrogens is 3. The van der Waals surface area contributed by atoms with E-state index in [2.05, 4.69) is 39.7 Å². The topological polar surface area (TPSA) is 42.7 Å². The Balaban J connectivity index is 1.50. The van der Waals surface area contributed by atoms with Crippen LogP contribution in [0.1, 0.15) is 24.0 Å². The highest BCUT2D eigenvalue weighted by Gasteiger charge is 2.42. The van der Waals surface area contributed by atoms with E-state index >= 15 is 0 Å². The van der Waals surface area contributed by atoms with Gasteiger partial charge in [-0.25, -0.2) is 4.98 Å². The molecule has 0 saturated carbocycles. The summed E-state index contributed by atoms with van der Waals surface area (Å²) in [4.78, 5) is 4.65. The second-order valence-electron chi connectivity index (χ2n) is 7.14. The van der Waals surface area contributed by atoms with Gasteiger partial charge in [-0.3, -0.25) is 4.68 Å². The largest absolute Gasteiger partial charge is 0.369 e. The minimum absolute atomic E-state index is 0.0649. The number of nitrogens with zero attached hydrogens (tertiary/aromatic N) is 3. The zero-order valence-corrected chi connectivity index (χ0v) is 15.1. The van der Waals surface area contributed by atoms with Crippen molar-refractivity contribution in [1.82, 2.24) is 14.8 Å². The van der Waals surface area contributed by atoms with E-state index in [1.165, 1.54) is 5.56 Å². The van der Waals surface area contributed by atoms with Crippen LogP contribution in [-0.2, 0) is 12.0 Å². The van der Waals surface area contributed by atoms with Crippen molar-refractivity contribution < 1.29 is 0 Å². The van der Waals surface area contributed by atoms with Gasteiger partial charge in [-0.1, -0.05) is 54.1 Å². The summed E-state index contributed by atoms with van der Waals surface area (Å²) in [6, 6.07) is 10.3. The number of pyridine rings is 1. The second kappa shape index (κ2) is 5.99. The van der Waals surface area contributed by atoms with E-state index in [1.807, 2.05) is 41.5 Å². The first-order chi connectivity index (χ1) is 12.8. The Labute approximate surface area is 157 Å². The third kappa shape index (κ3) is 2.44. The number of anilines is 1. The van der Waals surface area contributed by atoms with E-state index in [0.717, 1.165) is 53.5 Å². The summed E-state index contributed by atoms with van der Waals surface area (Å²) >= 11 is 6.88. The predicted octanol–water partition coefficient (Wildman–Crippen LogP) is 4.66. The molecule has 0 unspecified atom stereocenters. The molecule has 3 heterocycles. The fraction of sp³-hybridized carbons (Fsp3) is 0.238. The molecule has 5 rings (SSSR count). The summed E-state index contributed by atoms with van der Waals surface area (Å²) in [5, 5.41) is 8.76. The lowest BCUT2D eigenvalue weighted by atomic mass is 9.80. The van der Waals surface area contributed by atoms with E-state index < -0.39 is 0 Å². The van der Waals surface area contributed by atoms with Gasteiger partial charge in [0, 0.05) is 41.0 Å². The van der Waals surface area contributed by atoms with Crippen LogP contribution in [0.5, 0.6) is 0 Å². The molecule has 0 radical (unpaired) electrons. The first-order valence-corrected chi connectivity index (χ1v) is 9.28. The fourth-order valence-electron chi connectivity index (χ4n) is 4.06. The highest BCUT2D eigenvalue weighted by molar-refractivity contribution is 6.34. The first kappa shape index (κ1) is 15.6. The molecule has 130 valence electrons. The second-order valence-corrected chi connectivity index (χ2v) is 7.51. The number of halogens is 1. The molecule has 0 atom stereocenters. The number of fused-ring (bicyclic) bond motifs is 2. The number of hydrogen-bond donors (Lipinski definition) is 1. The van der Waals surface area contributed by atoms with Crippen molar-refractivity contribution in [2.45, 2.75) is 24.8 Å². The molecule has 1 N–H and O–H groups in total. The average Bonchev–Trinajstić information content (AvgIpc) is 3.39. The van der Waals surface area contributed by atoms with Crippen LogP contribution in [-0.4, -0.2) is 21.3 Å². The van der Waals surface area contributed by atoms with Gasteiger partial charge in [-0.15, -0.1) is 0 Å². The Morgan fingerprint density at radius 2 is 1.92 bits per heavy atom. The molecule has 1 aliphatic heterocycles. The maximum atomic E-state index is 6.88. The number of hydrogen-bond acceptors (Lipinski definition) is 3. The molecule has 2 aromatic heterocycles. The molecule has 1 spiro atoms. The average molecular weight is 363 g/mol. The molecule has 0 fully saturated rings. The van der Waals surface area contributed by atoms with E-state index in [9.17, 15) is 0 Å². The Kier molecular flexibility index (Phi) is 3.61. The highest BCUT2D eigenvalue weighted by Crippen LogP contribution is 2.49. The highest BCUT2D eigenvalue weighted by atomic mass is 35.5. The Hall–Kier alpha value is -2.59. The predicted molar refractivity (Wildman–Crippen MR) is 105 cm³/mol. The molecular formula is C21H19ClN4.